The van der Waals surface area contributed by atoms with Crippen molar-refractivity contribution in [2.75, 3.05) is 39.5 Å². The minimum absolute atomic E-state index is 0.141. The highest BCUT2D eigenvalue weighted by Crippen LogP contribution is 2.29. The predicted octanol–water partition coefficient (Wildman–Crippen LogP) is 2.16. The highest BCUT2D eigenvalue weighted by molar-refractivity contribution is 6.01. The van der Waals surface area contributed by atoms with Gasteiger partial charge in [0.05, 0.1) is 37.6 Å². The topological polar surface area (TPSA) is 216 Å². The van der Waals surface area contributed by atoms with Crippen molar-refractivity contribution in [3.8, 4) is 23.0 Å². The number of benzene rings is 4. The van der Waals surface area contributed by atoms with Crippen LogP contribution < -0.4 is 21.3 Å². The molecule has 14 heteroatoms. The van der Waals surface area contributed by atoms with Gasteiger partial charge in [0.2, 0.25) is 11.8 Å². The number of hydrogen-bond acceptors (Lipinski definition) is 10. The van der Waals surface area contributed by atoms with Crippen molar-refractivity contribution in [3.05, 3.63) is 119 Å². The van der Waals surface area contributed by atoms with Crippen molar-refractivity contribution in [2.24, 2.45) is 0 Å². The Labute approximate surface area is 300 Å². The zero-order valence-electron chi connectivity index (χ0n) is 28.3. The summed E-state index contributed by atoms with van der Waals surface area (Å²) in [5.74, 6) is -4.45. The summed E-state index contributed by atoms with van der Waals surface area (Å²) in [5, 5.41) is 50.4. The van der Waals surface area contributed by atoms with Crippen LogP contribution in [0.1, 0.15) is 31.8 Å². The van der Waals surface area contributed by atoms with Crippen molar-refractivity contribution < 1.29 is 49.1 Å². The Morgan fingerprint density at radius 2 is 0.885 bits per heavy atom. The summed E-state index contributed by atoms with van der Waals surface area (Å²) < 4.78 is 11.1. The van der Waals surface area contributed by atoms with E-state index in [1.807, 2.05) is 60.7 Å². The maximum absolute atomic E-state index is 13.0. The van der Waals surface area contributed by atoms with E-state index in [2.05, 4.69) is 21.3 Å². The van der Waals surface area contributed by atoms with E-state index in [0.29, 0.717) is 0 Å². The smallest absolute Gasteiger partial charge is 0.255 e. The van der Waals surface area contributed by atoms with Gasteiger partial charge in [-0.05, 0) is 35.4 Å². The Morgan fingerprint density at radius 1 is 0.500 bits per heavy atom. The van der Waals surface area contributed by atoms with E-state index in [4.69, 9.17) is 9.47 Å². The van der Waals surface area contributed by atoms with Crippen LogP contribution in [0.5, 0.6) is 23.0 Å². The Bertz CT molecular complexity index is 1660. The third-order valence-corrected chi connectivity index (χ3v) is 7.79. The molecule has 0 saturated carbocycles. The number of amides is 4. The third kappa shape index (κ3) is 11.7. The zero-order valence-corrected chi connectivity index (χ0v) is 28.3. The second-order valence-corrected chi connectivity index (χ2v) is 11.6. The van der Waals surface area contributed by atoms with Crippen molar-refractivity contribution >= 4 is 23.6 Å². The average Bonchev–Trinajstić information content (AvgIpc) is 3.14. The molecule has 0 spiro atoms. The maximum Gasteiger partial charge on any atom is 0.255 e. The lowest BCUT2D eigenvalue weighted by atomic mass is 10.0. The lowest BCUT2D eigenvalue weighted by Crippen LogP contribution is -2.48. The second-order valence-electron chi connectivity index (χ2n) is 11.6. The van der Waals surface area contributed by atoms with Crippen LogP contribution in [-0.4, -0.2) is 95.7 Å². The average molecular weight is 715 g/mol. The first-order valence-corrected chi connectivity index (χ1v) is 16.6. The molecule has 4 rings (SSSR count). The molecule has 0 saturated heterocycles. The molecule has 0 aromatic heterocycles. The Balaban J connectivity index is 1.17. The number of hydrogen-bond donors (Lipinski definition) is 8. The van der Waals surface area contributed by atoms with Crippen LogP contribution >= 0.6 is 0 Å². The van der Waals surface area contributed by atoms with Crippen LogP contribution in [0.15, 0.2) is 97.1 Å². The molecule has 0 bridgehead atoms. The fourth-order valence-electron chi connectivity index (χ4n) is 5.08. The molecule has 4 aromatic carbocycles. The van der Waals surface area contributed by atoms with E-state index in [-0.39, 0.29) is 63.5 Å². The van der Waals surface area contributed by atoms with Crippen molar-refractivity contribution in [1.29, 1.82) is 0 Å². The number of para-hydroxylation sites is 2. The summed E-state index contributed by atoms with van der Waals surface area (Å²) in [5.41, 5.74) is 1.27. The molecule has 0 radical (unpaired) electrons. The van der Waals surface area contributed by atoms with Gasteiger partial charge in [-0.25, -0.2) is 0 Å². The highest BCUT2D eigenvalue weighted by atomic mass is 16.5. The van der Waals surface area contributed by atoms with Gasteiger partial charge in [0.15, 0.2) is 23.0 Å². The maximum atomic E-state index is 13.0. The Hall–Kier alpha value is -6.12. The number of phenols is 4. The first-order valence-electron chi connectivity index (χ1n) is 16.6. The van der Waals surface area contributed by atoms with Gasteiger partial charge >= 0.3 is 0 Å². The summed E-state index contributed by atoms with van der Waals surface area (Å²) in [7, 11) is 0. The summed E-state index contributed by atoms with van der Waals surface area (Å²) in [6, 6.07) is 24.2. The Kier molecular flexibility index (Phi) is 14.8. The molecule has 0 unspecified atom stereocenters. The molecule has 0 aliphatic heterocycles. The molecule has 52 heavy (non-hydrogen) atoms. The third-order valence-electron chi connectivity index (χ3n) is 7.79. The Morgan fingerprint density at radius 3 is 1.27 bits per heavy atom. The first kappa shape index (κ1) is 38.7. The SMILES string of the molecule is O=C(N[C@@H](Cc1ccccc1)C(=O)NCCOCCOCCNC(=O)[C@H](Cc1ccccc1)NC(=O)c1cccc(O)c1O)c1cccc(O)c1O. The lowest BCUT2D eigenvalue weighted by molar-refractivity contribution is -0.124. The molecule has 2 atom stereocenters. The predicted molar refractivity (Wildman–Crippen MR) is 190 cm³/mol. The molecule has 0 fully saturated rings. The molecular formula is C38H42N4O10. The first-order chi connectivity index (χ1) is 25.1. The van der Waals surface area contributed by atoms with Crippen LogP contribution in [0.4, 0.5) is 0 Å². The number of nitrogens with one attached hydrogen (secondary N) is 4. The number of carbonyl (C=O) groups excluding carboxylic acids is 4. The molecule has 4 aromatic rings. The number of rotatable bonds is 19. The van der Waals surface area contributed by atoms with Gasteiger partial charge in [-0.1, -0.05) is 72.8 Å². The van der Waals surface area contributed by atoms with Crippen molar-refractivity contribution in [1.82, 2.24) is 21.3 Å². The molecule has 0 aliphatic rings. The summed E-state index contributed by atoms with van der Waals surface area (Å²) in [6.07, 6.45) is 0.369. The van der Waals surface area contributed by atoms with E-state index >= 15 is 0 Å². The van der Waals surface area contributed by atoms with E-state index in [1.54, 1.807) is 0 Å². The minimum Gasteiger partial charge on any atom is -0.504 e. The number of ether oxygens (including phenoxy) is 2. The summed E-state index contributed by atoms with van der Waals surface area (Å²) in [4.78, 5) is 51.8. The fourth-order valence-corrected chi connectivity index (χ4v) is 5.08. The normalized spacial score (nSPS) is 11.9. The lowest BCUT2D eigenvalue weighted by Gasteiger charge is -2.19. The van der Waals surface area contributed by atoms with E-state index in [0.717, 1.165) is 11.1 Å². The van der Waals surface area contributed by atoms with Gasteiger partial charge in [-0.15, -0.1) is 0 Å². The monoisotopic (exact) mass is 714 g/mol. The standard InChI is InChI=1S/C38H42N4O10/c43-31-15-7-13-27(33(31)45)35(47)41-29(23-25-9-3-1-4-10-25)37(49)39-17-19-51-21-22-52-20-18-40-38(50)30(24-26-11-5-2-6-12-26)42-36(48)28-14-8-16-32(44)34(28)46/h1-16,29-30,43-46H,17-24H2,(H,39,49)(H,40,50)(H,41,47)(H,42,48)/t29-,30-/m0/s1. The number of aromatic hydroxyl groups is 4. The molecule has 14 nitrogen and oxygen atoms in total. The van der Waals surface area contributed by atoms with Gasteiger partial charge in [-0.3, -0.25) is 19.2 Å². The van der Waals surface area contributed by atoms with Gasteiger partial charge in [0.25, 0.3) is 11.8 Å². The van der Waals surface area contributed by atoms with E-state index in [9.17, 15) is 39.6 Å². The molecule has 0 aliphatic carbocycles. The van der Waals surface area contributed by atoms with Crippen LogP contribution in [-0.2, 0) is 31.9 Å². The zero-order chi connectivity index (χ0) is 37.3. The van der Waals surface area contributed by atoms with Crippen LogP contribution in [0.3, 0.4) is 0 Å². The number of carbonyl (C=O) groups is 4. The molecule has 8 N–H and O–H groups in total. The van der Waals surface area contributed by atoms with Gasteiger partial charge in [-0.2, -0.15) is 0 Å². The minimum atomic E-state index is -0.977. The molecular weight excluding hydrogens is 672 g/mol. The van der Waals surface area contributed by atoms with Crippen molar-refractivity contribution in [3.63, 3.8) is 0 Å². The molecule has 4 amide bonds. The molecule has 0 heterocycles. The second kappa shape index (κ2) is 19.9. The van der Waals surface area contributed by atoms with Crippen LogP contribution in [0, 0.1) is 0 Å². The van der Waals surface area contributed by atoms with E-state index in [1.165, 1.54) is 36.4 Å². The summed E-state index contributed by atoms with van der Waals surface area (Å²) >= 11 is 0. The quantitative estimate of drug-likeness (QED) is 0.0523. The van der Waals surface area contributed by atoms with Crippen LogP contribution in [0.2, 0.25) is 0 Å². The number of phenolic OH excluding ortho intramolecular Hbond substituents is 4. The van der Waals surface area contributed by atoms with Gasteiger partial charge in [0.1, 0.15) is 12.1 Å². The largest absolute Gasteiger partial charge is 0.504 e. The van der Waals surface area contributed by atoms with E-state index < -0.39 is 58.7 Å². The van der Waals surface area contributed by atoms with Crippen LogP contribution in [0.25, 0.3) is 0 Å². The summed E-state index contributed by atoms with van der Waals surface area (Å²) in [6.45, 7) is 0.988. The van der Waals surface area contributed by atoms with Gasteiger partial charge < -0.3 is 51.2 Å². The highest BCUT2D eigenvalue weighted by Gasteiger charge is 2.25. The fraction of sp³-hybridized carbons (Fsp3) is 0.263. The molecule has 274 valence electrons. The van der Waals surface area contributed by atoms with Crippen molar-refractivity contribution in [2.45, 2.75) is 24.9 Å². The van der Waals surface area contributed by atoms with Gasteiger partial charge in [0, 0.05) is 25.9 Å².